The number of hydrogen-bond acceptors (Lipinski definition) is 4. The van der Waals surface area contributed by atoms with Gasteiger partial charge in [-0.15, -0.1) is 0 Å². The highest BCUT2D eigenvalue weighted by Gasteiger charge is 2.30. The number of nitrogens with zero attached hydrogens (tertiary/aromatic N) is 1. The molecule has 5 nitrogen and oxygen atoms in total. The SMILES string of the molecule is COC(=O)C1CCN(C(=O)[C@@H](C)Oc2ccc(Cl)c(C)c2)CC1. The summed E-state index contributed by atoms with van der Waals surface area (Å²) in [6.07, 6.45) is 0.682. The second kappa shape index (κ2) is 7.68. The van der Waals surface area contributed by atoms with Gasteiger partial charge in [-0.2, -0.15) is 0 Å². The molecule has 0 aliphatic carbocycles. The van der Waals surface area contributed by atoms with Crippen LogP contribution in [0.15, 0.2) is 18.2 Å². The van der Waals surface area contributed by atoms with E-state index in [0.29, 0.717) is 36.7 Å². The van der Waals surface area contributed by atoms with Crippen LogP contribution in [0, 0.1) is 12.8 Å². The largest absolute Gasteiger partial charge is 0.481 e. The van der Waals surface area contributed by atoms with Crippen LogP contribution in [0.5, 0.6) is 5.75 Å². The number of carbonyl (C=O) groups is 2. The van der Waals surface area contributed by atoms with Gasteiger partial charge in [0.05, 0.1) is 13.0 Å². The van der Waals surface area contributed by atoms with Crippen LogP contribution < -0.4 is 4.74 Å². The molecular weight excluding hydrogens is 318 g/mol. The first-order valence-corrected chi connectivity index (χ1v) is 8.09. The number of piperidine rings is 1. The first kappa shape index (κ1) is 17.6. The van der Waals surface area contributed by atoms with Gasteiger partial charge in [0, 0.05) is 18.1 Å². The van der Waals surface area contributed by atoms with E-state index >= 15 is 0 Å². The third kappa shape index (κ3) is 4.38. The molecule has 6 heteroatoms. The molecule has 1 aliphatic rings. The number of ether oxygens (including phenoxy) is 2. The summed E-state index contributed by atoms with van der Waals surface area (Å²) in [6, 6.07) is 5.32. The Morgan fingerprint density at radius 1 is 1.30 bits per heavy atom. The molecule has 1 aliphatic heterocycles. The molecule has 0 unspecified atom stereocenters. The van der Waals surface area contributed by atoms with Gasteiger partial charge >= 0.3 is 5.97 Å². The quantitative estimate of drug-likeness (QED) is 0.791. The number of carbonyl (C=O) groups excluding carboxylic acids is 2. The van der Waals surface area contributed by atoms with Crippen molar-refractivity contribution in [2.24, 2.45) is 5.92 Å². The van der Waals surface area contributed by atoms with Gasteiger partial charge in [-0.1, -0.05) is 11.6 Å². The van der Waals surface area contributed by atoms with Crippen molar-refractivity contribution in [3.8, 4) is 5.75 Å². The van der Waals surface area contributed by atoms with Crippen LogP contribution in [-0.4, -0.2) is 43.1 Å². The zero-order chi connectivity index (χ0) is 17.0. The molecule has 1 aromatic carbocycles. The van der Waals surface area contributed by atoms with E-state index in [9.17, 15) is 9.59 Å². The smallest absolute Gasteiger partial charge is 0.308 e. The number of methoxy groups -OCH3 is 1. The highest BCUT2D eigenvalue weighted by atomic mass is 35.5. The van der Waals surface area contributed by atoms with Crippen molar-refractivity contribution in [1.29, 1.82) is 0 Å². The second-order valence-corrected chi connectivity index (χ2v) is 6.20. The van der Waals surface area contributed by atoms with E-state index in [-0.39, 0.29) is 17.8 Å². The third-order valence-corrected chi connectivity index (χ3v) is 4.56. The van der Waals surface area contributed by atoms with Crippen LogP contribution in [0.4, 0.5) is 0 Å². The first-order chi connectivity index (χ1) is 10.9. The lowest BCUT2D eigenvalue weighted by molar-refractivity contribution is -0.150. The van der Waals surface area contributed by atoms with Crippen molar-refractivity contribution in [3.05, 3.63) is 28.8 Å². The van der Waals surface area contributed by atoms with Gasteiger partial charge in [-0.3, -0.25) is 9.59 Å². The summed E-state index contributed by atoms with van der Waals surface area (Å²) >= 11 is 5.98. The van der Waals surface area contributed by atoms with Crippen LogP contribution in [0.25, 0.3) is 0 Å². The van der Waals surface area contributed by atoms with Crippen LogP contribution in [-0.2, 0) is 14.3 Å². The minimum atomic E-state index is -0.578. The zero-order valence-corrected chi connectivity index (χ0v) is 14.4. The van der Waals surface area contributed by atoms with Crippen LogP contribution >= 0.6 is 11.6 Å². The molecule has 1 fully saturated rings. The van der Waals surface area contributed by atoms with E-state index < -0.39 is 6.10 Å². The molecular formula is C17H22ClNO4. The van der Waals surface area contributed by atoms with Gasteiger partial charge < -0.3 is 14.4 Å². The zero-order valence-electron chi connectivity index (χ0n) is 13.7. The molecule has 0 bridgehead atoms. The Labute approximate surface area is 141 Å². The molecule has 0 spiro atoms. The molecule has 1 atom stereocenters. The van der Waals surface area contributed by atoms with Gasteiger partial charge in [0.25, 0.3) is 5.91 Å². The number of rotatable bonds is 4. The maximum atomic E-state index is 12.5. The molecule has 1 amide bonds. The summed E-state index contributed by atoms with van der Waals surface area (Å²) in [7, 11) is 1.39. The minimum Gasteiger partial charge on any atom is -0.481 e. The monoisotopic (exact) mass is 339 g/mol. The van der Waals surface area contributed by atoms with E-state index in [0.717, 1.165) is 5.56 Å². The summed E-state index contributed by atoms with van der Waals surface area (Å²) in [4.78, 5) is 25.7. The van der Waals surface area contributed by atoms with Crippen LogP contribution in [0.2, 0.25) is 5.02 Å². The highest BCUT2D eigenvalue weighted by Crippen LogP contribution is 2.23. The number of hydrogen-bond donors (Lipinski definition) is 0. The van der Waals surface area contributed by atoms with Gasteiger partial charge in [-0.25, -0.2) is 0 Å². The number of benzene rings is 1. The lowest BCUT2D eigenvalue weighted by Gasteiger charge is -2.32. The number of amides is 1. The predicted octanol–water partition coefficient (Wildman–Crippen LogP) is 2.83. The van der Waals surface area contributed by atoms with Crippen molar-refractivity contribution in [2.45, 2.75) is 32.8 Å². The summed E-state index contributed by atoms with van der Waals surface area (Å²) in [6.45, 7) is 4.72. The Morgan fingerprint density at radius 2 is 1.96 bits per heavy atom. The molecule has 1 heterocycles. The second-order valence-electron chi connectivity index (χ2n) is 5.79. The number of aryl methyl sites for hydroxylation is 1. The molecule has 0 aromatic heterocycles. The molecule has 23 heavy (non-hydrogen) atoms. The van der Waals surface area contributed by atoms with Gasteiger partial charge in [0.1, 0.15) is 5.75 Å². The van der Waals surface area contributed by atoms with E-state index in [1.165, 1.54) is 7.11 Å². The van der Waals surface area contributed by atoms with E-state index in [1.54, 1.807) is 24.0 Å². The summed E-state index contributed by atoms with van der Waals surface area (Å²) in [5.74, 6) is 0.246. The fourth-order valence-corrected chi connectivity index (χ4v) is 2.82. The molecule has 0 radical (unpaired) electrons. The normalized spacial score (nSPS) is 16.8. The maximum absolute atomic E-state index is 12.5. The Hall–Kier alpha value is -1.75. The molecule has 1 aromatic rings. The lowest BCUT2D eigenvalue weighted by atomic mass is 9.97. The Morgan fingerprint density at radius 3 is 2.52 bits per heavy atom. The van der Waals surface area contributed by atoms with Gasteiger partial charge in [0.2, 0.25) is 0 Å². The molecule has 1 saturated heterocycles. The first-order valence-electron chi connectivity index (χ1n) is 7.71. The van der Waals surface area contributed by atoms with Crippen molar-refractivity contribution in [2.75, 3.05) is 20.2 Å². The standard InChI is InChI=1S/C17H22ClNO4/c1-11-10-14(4-5-15(11)18)23-12(2)16(20)19-8-6-13(7-9-19)17(21)22-3/h4-5,10,12-13H,6-9H2,1-3H3/t12-/m1/s1. The topological polar surface area (TPSA) is 55.8 Å². The van der Waals surface area contributed by atoms with E-state index in [2.05, 4.69) is 0 Å². The summed E-state index contributed by atoms with van der Waals surface area (Å²) < 4.78 is 10.5. The molecule has 126 valence electrons. The average Bonchev–Trinajstić information content (AvgIpc) is 2.57. The van der Waals surface area contributed by atoms with Gasteiger partial charge in [-0.05, 0) is 50.5 Å². The molecule has 2 rings (SSSR count). The molecule has 0 N–H and O–H groups in total. The average molecular weight is 340 g/mol. The van der Waals surface area contributed by atoms with Crippen molar-refractivity contribution < 1.29 is 19.1 Å². The number of likely N-dealkylation sites (tertiary alicyclic amines) is 1. The van der Waals surface area contributed by atoms with Crippen molar-refractivity contribution >= 4 is 23.5 Å². The van der Waals surface area contributed by atoms with Crippen LogP contribution in [0.1, 0.15) is 25.3 Å². The van der Waals surface area contributed by atoms with E-state index in [4.69, 9.17) is 21.1 Å². The minimum absolute atomic E-state index is 0.0686. The Kier molecular flexibility index (Phi) is 5.88. The number of esters is 1. The predicted molar refractivity (Wildman–Crippen MR) is 87.6 cm³/mol. The summed E-state index contributed by atoms with van der Waals surface area (Å²) in [5.41, 5.74) is 0.905. The Balaban J connectivity index is 1.90. The van der Waals surface area contributed by atoms with Crippen molar-refractivity contribution in [3.63, 3.8) is 0 Å². The Bertz CT molecular complexity index is 582. The van der Waals surface area contributed by atoms with Gasteiger partial charge in [0.15, 0.2) is 6.10 Å². The highest BCUT2D eigenvalue weighted by molar-refractivity contribution is 6.31. The maximum Gasteiger partial charge on any atom is 0.308 e. The third-order valence-electron chi connectivity index (χ3n) is 4.13. The number of halogens is 1. The fraction of sp³-hybridized carbons (Fsp3) is 0.529. The fourth-order valence-electron chi connectivity index (χ4n) is 2.70. The lowest BCUT2D eigenvalue weighted by Crippen LogP contribution is -2.45. The summed E-state index contributed by atoms with van der Waals surface area (Å²) in [5, 5.41) is 0.668. The van der Waals surface area contributed by atoms with E-state index in [1.807, 2.05) is 13.0 Å². The van der Waals surface area contributed by atoms with Crippen LogP contribution in [0.3, 0.4) is 0 Å². The van der Waals surface area contributed by atoms with Crippen molar-refractivity contribution in [1.82, 2.24) is 4.90 Å². The molecule has 0 saturated carbocycles.